The number of rotatable bonds is 6. The predicted octanol–water partition coefficient (Wildman–Crippen LogP) is 3.16. The Bertz CT molecular complexity index is 775. The maximum absolute atomic E-state index is 12.3. The van der Waals surface area contributed by atoms with Crippen molar-refractivity contribution in [2.75, 3.05) is 40.0 Å². The lowest BCUT2D eigenvalue weighted by Crippen LogP contribution is -2.44. The zero-order chi connectivity index (χ0) is 22.3. The van der Waals surface area contributed by atoms with Crippen LogP contribution in [-0.2, 0) is 11.2 Å². The molecule has 0 aliphatic carbocycles. The zero-order valence-electron chi connectivity index (χ0n) is 19.2. The highest BCUT2D eigenvalue weighted by Crippen LogP contribution is 2.32. The number of ether oxygens (including phenoxy) is 3. The minimum absolute atomic E-state index is 0.203. The van der Waals surface area contributed by atoms with E-state index in [2.05, 4.69) is 21.7 Å². The molecule has 2 heterocycles. The van der Waals surface area contributed by atoms with Gasteiger partial charge in [0.15, 0.2) is 17.5 Å². The number of carbonyl (C=O) groups excluding carboxylic acids is 1. The van der Waals surface area contributed by atoms with E-state index in [1.165, 1.54) is 5.56 Å². The fraction of sp³-hybridized carbons (Fsp3) is 0.652. The number of piperidine rings is 1. The molecule has 0 aromatic heterocycles. The van der Waals surface area contributed by atoms with E-state index >= 15 is 0 Å². The largest absolute Gasteiger partial charge is 0.454 e. The molecule has 0 bridgehead atoms. The van der Waals surface area contributed by atoms with Crippen LogP contribution in [0.3, 0.4) is 0 Å². The van der Waals surface area contributed by atoms with E-state index < -0.39 is 5.60 Å². The average molecular weight is 433 g/mol. The molecule has 0 radical (unpaired) electrons. The standard InChI is InChI=1S/C23H36N4O4/c1-23(2,3)31-22(28)27-13-5-6-18(15-27)10-12-26-21(24-4)25-11-9-17-7-8-19-20(14-17)30-16-29-19/h7-8,14,18H,5-6,9-13,15-16H2,1-4H3,(H2,24,25,26). The molecular weight excluding hydrogens is 396 g/mol. The lowest BCUT2D eigenvalue weighted by atomic mass is 9.95. The smallest absolute Gasteiger partial charge is 0.410 e. The van der Waals surface area contributed by atoms with E-state index in [-0.39, 0.29) is 6.09 Å². The first-order valence-electron chi connectivity index (χ1n) is 11.1. The molecule has 1 unspecified atom stereocenters. The minimum Gasteiger partial charge on any atom is -0.454 e. The average Bonchev–Trinajstić information content (AvgIpc) is 3.19. The highest BCUT2D eigenvalue weighted by molar-refractivity contribution is 5.79. The number of likely N-dealkylation sites (tertiary alicyclic amines) is 1. The maximum Gasteiger partial charge on any atom is 0.410 e. The SMILES string of the molecule is CN=C(NCCc1ccc2c(c1)OCO2)NCCC1CCCN(C(=O)OC(C)(C)C)C1. The van der Waals surface area contributed by atoms with Crippen molar-refractivity contribution in [3.63, 3.8) is 0 Å². The summed E-state index contributed by atoms with van der Waals surface area (Å²) in [5.74, 6) is 2.89. The predicted molar refractivity (Wildman–Crippen MR) is 121 cm³/mol. The van der Waals surface area contributed by atoms with Crippen molar-refractivity contribution in [2.24, 2.45) is 10.9 Å². The second-order valence-corrected chi connectivity index (χ2v) is 9.09. The molecule has 8 nitrogen and oxygen atoms in total. The summed E-state index contributed by atoms with van der Waals surface area (Å²) in [6.45, 7) is 9.13. The molecule has 1 aromatic rings. The van der Waals surface area contributed by atoms with E-state index in [1.807, 2.05) is 37.8 Å². The number of guanidine groups is 1. The lowest BCUT2D eigenvalue weighted by molar-refractivity contribution is 0.0162. The van der Waals surface area contributed by atoms with E-state index in [0.717, 1.165) is 69.3 Å². The van der Waals surface area contributed by atoms with Crippen LogP contribution in [0.5, 0.6) is 11.5 Å². The molecule has 2 N–H and O–H groups in total. The Morgan fingerprint density at radius 3 is 2.77 bits per heavy atom. The summed E-state index contributed by atoms with van der Waals surface area (Å²) in [6.07, 6.45) is 3.81. The normalized spacial score (nSPS) is 18.6. The van der Waals surface area contributed by atoms with Crippen LogP contribution in [-0.4, -0.2) is 62.6 Å². The summed E-state index contributed by atoms with van der Waals surface area (Å²) in [5, 5.41) is 6.74. The topological polar surface area (TPSA) is 84.4 Å². The molecule has 2 aliphatic heterocycles. The van der Waals surface area contributed by atoms with Gasteiger partial charge in [-0.05, 0) is 70.1 Å². The van der Waals surface area contributed by atoms with Gasteiger partial charge in [-0.2, -0.15) is 0 Å². The second-order valence-electron chi connectivity index (χ2n) is 9.09. The third-order valence-electron chi connectivity index (χ3n) is 5.38. The van der Waals surface area contributed by atoms with Gasteiger partial charge >= 0.3 is 6.09 Å². The van der Waals surface area contributed by atoms with Crippen LogP contribution in [0.4, 0.5) is 4.79 Å². The molecule has 1 atom stereocenters. The number of hydrogen-bond donors (Lipinski definition) is 2. The monoisotopic (exact) mass is 432 g/mol. The van der Waals surface area contributed by atoms with Gasteiger partial charge in [0.2, 0.25) is 6.79 Å². The van der Waals surface area contributed by atoms with Crippen LogP contribution >= 0.6 is 0 Å². The fourth-order valence-corrected chi connectivity index (χ4v) is 3.83. The number of fused-ring (bicyclic) bond motifs is 1. The molecule has 0 spiro atoms. The number of nitrogens with zero attached hydrogens (tertiary/aromatic N) is 2. The van der Waals surface area contributed by atoms with Gasteiger partial charge in [0.05, 0.1) is 0 Å². The van der Waals surface area contributed by atoms with Crippen molar-refractivity contribution in [1.29, 1.82) is 0 Å². The van der Waals surface area contributed by atoms with Gasteiger partial charge in [-0.3, -0.25) is 4.99 Å². The van der Waals surface area contributed by atoms with Gasteiger partial charge in [-0.1, -0.05) is 6.07 Å². The van der Waals surface area contributed by atoms with Crippen LogP contribution in [0.15, 0.2) is 23.2 Å². The number of amides is 1. The number of nitrogens with one attached hydrogen (secondary N) is 2. The van der Waals surface area contributed by atoms with Gasteiger partial charge < -0.3 is 29.7 Å². The zero-order valence-corrected chi connectivity index (χ0v) is 19.2. The summed E-state index contributed by atoms with van der Waals surface area (Å²) in [7, 11) is 1.78. The number of hydrogen-bond acceptors (Lipinski definition) is 5. The first-order chi connectivity index (χ1) is 14.8. The van der Waals surface area contributed by atoms with Crippen molar-refractivity contribution in [3.05, 3.63) is 23.8 Å². The van der Waals surface area contributed by atoms with E-state index in [9.17, 15) is 4.79 Å². The van der Waals surface area contributed by atoms with Crippen LogP contribution in [0.2, 0.25) is 0 Å². The van der Waals surface area contributed by atoms with Crippen molar-refractivity contribution in [3.8, 4) is 11.5 Å². The summed E-state index contributed by atoms with van der Waals surface area (Å²) < 4.78 is 16.3. The summed E-state index contributed by atoms with van der Waals surface area (Å²) in [6, 6.07) is 6.04. The number of carbonyl (C=O) groups is 1. The minimum atomic E-state index is -0.454. The molecule has 8 heteroatoms. The van der Waals surface area contributed by atoms with Crippen LogP contribution < -0.4 is 20.1 Å². The summed E-state index contributed by atoms with van der Waals surface area (Å²) in [4.78, 5) is 18.5. The summed E-state index contributed by atoms with van der Waals surface area (Å²) in [5.41, 5.74) is 0.737. The van der Waals surface area contributed by atoms with Gasteiger partial charge in [0, 0.05) is 33.2 Å². The van der Waals surface area contributed by atoms with Gasteiger partial charge in [0.25, 0.3) is 0 Å². The molecular formula is C23H36N4O4. The molecule has 1 saturated heterocycles. The number of benzene rings is 1. The van der Waals surface area contributed by atoms with E-state index in [1.54, 1.807) is 7.05 Å². The molecule has 1 aromatic carbocycles. The molecule has 172 valence electrons. The van der Waals surface area contributed by atoms with Crippen molar-refractivity contribution in [2.45, 2.75) is 52.1 Å². The first-order valence-corrected chi connectivity index (χ1v) is 11.1. The summed E-state index contributed by atoms with van der Waals surface area (Å²) >= 11 is 0. The van der Waals surface area contributed by atoms with Crippen molar-refractivity contribution < 1.29 is 19.0 Å². The fourth-order valence-electron chi connectivity index (χ4n) is 3.83. The van der Waals surface area contributed by atoms with Crippen LogP contribution in [0.1, 0.15) is 45.6 Å². The van der Waals surface area contributed by atoms with Gasteiger partial charge in [0.1, 0.15) is 5.60 Å². The Hall–Kier alpha value is -2.64. The molecule has 0 saturated carbocycles. The Kier molecular flexibility index (Phi) is 7.87. The van der Waals surface area contributed by atoms with Crippen molar-refractivity contribution in [1.82, 2.24) is 15.5 Å². The highest BCUT2D eigenvalue weighted by Gasteiger charge is 2.27. The second kappa shape index (κ2) is 10.6. The van der Waals surface area contributed by atoms with E-state index in [4.69, 9.17) is 14.2 Å². The molecule has 3 rings (SSSR count). The quantitative estimate of drug-likeness (QED) is 0.531. The highest BCUT2D eigenvalue weighted by atomic mass is 16.7. The lowest BCUT2D eigenvalue weighted by Gasteiger charge is -2.34. The Balaban J connectivity index is 1.35. The maximum atomic E-state index is 12.3. The van der Waals surface area contributed by atoms with Gasteiger partial charge in [-0.15, -0.1) is 0 Å². The third kappa shape index (κ3) is 7.22. The molecule has 1 fully saturated rings. The Morgan fingerprint density at radius 2 is 2.00 bits per heavy atom. The molecule has 31 heavy (non-hydrogen) atoms. The van der Waals surface area contributed by atoms with Crippen molar-refractivity contribution >= 4 is 12.1 Å². The van der Waals surface area contributed by atoms with Gasteiger partial charge in [-0.25, -0.2) is 4.79 Å². The molecule has 2 aliphatic rings. The van der Waals surface area contributed by atoms with E-state index in [0.29, 0.717) is 12.7 Å². The first kappa shape index (κ1) is 23.0. The van der Waals surface area contributed by atoms with Crippen LogP contribution in [0, 0.1) is 5.92 Å². The number of aliphatic imine (C=N–C) groups is 1. The third-order valence-corrected chi connectivity index (χ3v) is 5.38. The Morgan fingerprint density at radius 1 is 1.23 bits per heavy atom. The Labute approximate surface area is 185 Å². The van der Waals surface area contributed by atoms with Crippen LogP contribution in [0.25, 0.3) is 0 Å². The molecule has 1 amide bonds.